The summed E-state index contributed by atoms with van der Waals surface area (Å²) in [6.45, 7) is 5.80. The Balaban J connectivity index is 0.00000196. The van der Waals surface area contributed by atoms with Crippen LogP contribution in [0.2, 0.25) is 5.02 Å². The maximum Gasteiger partial charge on any atom is 0.0465 e. The Bertz CT molecular complexity index is 352. The third-order valence-electron chi connectivity index (χ3n) is 1.93. The molecule has 4 heteroatoms. The lowest BCUT2D eigenvalue weighted by Crippen LogP contribution is -2.10. The number of rotatable bonds is 3. The third-order valence-corrected chi connectivity index (χ3v) is 2.75. The van der Waals surface area contributed by atoms with E-state index in [0.29, 0.717) is 5.02 Å². The first-order chi connectivity index (χ1) is 6.50. The highest BCUT2D eigenvalue weighted by molar-refractivity contribution is 9.10. The average Bonchev–Trinajstić information content (AvgIpc) is 2.01. The van der Waals surface area contributed by atoms with Crippen LogP contribution in [-0.4, -0.2) is 0 Å². The minimum absolute atomic E-state index is 0. The number of nitrogens with two attached hydrogens (primary N) is 1. The number of hydrogen-bond acceptors (Lipinski definition) is 1. The Kier molecular flexibility index (Phi) is 6.53. The van der Waals surface area contributed by atoms with Gasteiger partial charge in [-0.25, -0.2) is 0 Å². The molecule has 0 radical (unpaired) electrons. The average molecular weight is 311 g/mol. The molecular formula is C11H14BrCl2N. The Morgan fingerprint density at radius 3 is 2.67 bits per heavy atom. The van der Waals surface area contributed by atoms with Gasteiger partial charge in [-0.3, -0.25) is 0 Å². The van der Waals surface area contributed by atoms with Crippen molar-refractivity contribution in [3.8, 4) is 0 Å². The van der Waals surface area contributed by atoms with Gasteiger partial charge >= 0.3 is 0 Å². The van der Waals surface area contributed by atoms with Crippen molar-refractivity contribution in [1.82, 2.24) is 0 Å². The quantitative estimate of drug-likeness (QED) is 0.818. The first kappa shape index (κ1) is 15.0. The van der Waals surface area contributed by atoms with Crippen LogP contribution in [0.15, 0.2) is 34.8 Å². The van der Waals surface area contributed by atoms with Gasteiger partial charge in [0, 0.05) is 15.5 Å². The third kappa shape index (κ3) is 4.56. The number of benzene rings is 1. The van der Waals surface area contributed by atoms with E-state index in [4.69, 9.17) is 17.3 Å². The minimum atomic E-state index is -0.0619. The van der Waals surface area contributed by atoms with Crippen LogP contribution in [0.5, 0.6) is 0 Å². The molecule has 0 saturated heterocycles. The van der Waals surface area contributed by atoms with Crippen LogP contribution in [0.1, 0.15) is 24.9 Å². The number of halogens is 3. The van der Waals surface area contributed by atoms with Crippen molar-refractivity contribution in [3.05, 3.63) is 45.4 Å². The lowest BCUT2D eigenvalue weighted by molar-refractivity contribution is 0.717. The fourth-order valence-corrected chi connectivity index (χ4v) is 2.10. The van der Waals surface area contributed by atoms with E-state index in [1.165, 1.54) is 0 Å². The minimum Gasteiger partial charge on any atom is -0.324 e. The van der Waals surface area contributed by atoms with Gasteiger partial charge in [0.25, 0.3) is 0 Å². The largest absolute Gasteiger partial charge is 0.324 e. The van der Waals surface area contributed by atoms with Gasteiger partial charge in [0.1, 0.15) is 0 Å². The SMILES string of the molecule is C=C(C)C[C@@H](N)c1ccc(Br)cc1Cl.Cl. The van der Waals surface area contributed by atoms with Gasteiger partial charge in [-0.2, -0.15) is 0 Å². The molecule has 0 saturated carbocycles. The van der Waals surface area contributed by atoms with E-state index in [-0.39, 0.29) is 18.4 Å². The summed E-state index contributed by atoms with van der Waals surface area (Å²) in [6.07, 6.45) is 0.765. The Hall–Kier alpha value is -0.0200. The summed E-state index contributed by atoms with van der Waals surface area (Å²) in [5, 5.41) is 0.702. The first-order valence-electron chi connectivity index (χ1n) is 4.35. The zero-order chi connectivity index (χ0) is 10.7. The number of hydrogen-bond donors (Lipinski definition) is 1. The summed E-state index contributed by atoms with van der Waals surface area (Å²) < 4.78 is 0.966. The van der Waals surface area contributed by atoms with Crippen molar-refractivity contribution in [2.45, 2.75) is 19.4 Å². The van der Waals surface area contributed by atoms with E-state index in [1.807, 2.05) is 25.1 Å². The molecule has 2 N–H and O–H groups in total. The molecule has 0 heterocycles. The Morgan fingerprint density at radius 1 is 1.60 bits per heavy atom. The van der Waals surface area contributed by atoms with Crippen LogP contribution in [0.25, 0.3) is 0 Å². The lowest BCUT2D eigenvalue weighted by atomic mass is 10.0. The summed E-state index contributed by atoms with van der Waals surface area (Å²) in [4.78, 5) is 0. The van der Waals surface area contributed by atoms with Gasteiger partial charge in [0.2, 0.25) is 0 Å². The van der Waals surface area contributed by atoms with E-state index in [2.05, 4.69) is 22.5 Å². The molecule has 0 aliphatic rings. The Labute approximate surface area is 110 Å². The first-order valence-corrected chi connectivity index (χ1v) is 5.52. The van der Waals surface area contributed by atoms with Gasteiger partial charge in [0.15, 0.2) is 0 Å². The molecule has 1 rings (SSSR count). The second-order valence-electron chi connectivity index (χ2n) is 3.43. The maximum absolute atomic E-state index is 6.07. The van der Waals surface area contributed by atoms with Crippen LogP contribution in [0, 0.1) is 0 Å². The van der Waals surface area contributed by atoms with Crippen LogP contribution in [0.4, 0.5) is 0 Å². The summed E-state index contributed by atoms with van der Waals surface area (Å²) >= 11 is 9.42. The molecule has 0 fully saturated rings. The standard InChI is InChI=1S/C11H13BrClN.ClH/c1-7(2)5-11(14)9-4-3-8(12)6-10(9)13;/h3-4,6,11H,1,5,14H2,2H3;1H/t11-;/m1./s1. The second-order valence-corrected chi connectivity index (χ2v) is 4.76. The monoisotopic (exact) mass is 309 g/mol. The predicted octanol–water partition coefficient (Wildman–Crippen LogP) is 4.49. The normalized spacial score (nSPS) is 11.7. The van der Waals surface area contributed by atoms with Crippen LogP contribution in [0.3, 0.4) is 0 Å². The molecular weight excluding hydrogens is 297 g/mol. The van der Waals surface area contributed by atoms with Crippen LogP contribution >= 0.6 is 39.9 Å². The highest BCUT2D eigenvalue weighted by Crippen LogP contribution is 2.28. The van der Waals surface area contributed by atoms with Crippen molar-refractivity contribution in [2.24, 2.45) is 5.73 Å². The summed E-state index contributed by atoms with van der Waals surface area (Å²) in [5.74, 6) is 0. The molecule has 0 aliphatic heterocycles. The molecule has 0 unspecified atom stereocenters. The van der Waals surface area contributed by atoms with Crippen LogP contribution < -0.4 is 5.73 Å². The van der Waals surface area contributed by atoms with E-state index in [1.54, 1.807) is 0 Å². The highest BCUT2D eigenvalue weighted by atomic mass is 79.9. The molecule has 0 bridgehead atoms. The lowest BCUT2D eigenvalue weighted by Gasteiger charge is -2.13. The summed E-state index contributed by atoms with van der Waals surface area (Å²) in [7, 11) is 0. The van der Waals surface area contributed by atoms with E-state index < -0.39 is 0 Å². The van der Waals surface area contributed by atoms with Gasteiger partial charge in [0.05, 0.1) is 0 Å². The molecule has 0 aromatic heterocycles. The predicted molar refractivity (Wildman–Crippen MR) is 72.8 cm³/mol. The zero-order valence-electron chi connectivity index (χ0n) is 8.47. The smallest absolute Gasteiger partial charge is 0.0465 e. The molecule has 1 nitrogen and oxygen atoms in total. The maximum atomic E-state index is 6.07. The molecule has 1 atom stereocenters. The van der Waals surface area contributed by atoms with Gasteiger partial charge in [-0.05, 0) is 31.0 Å². The zero-order valence-corrected chi connectivity index (χ0v) is 11.6. The van der Waals surface area contributed by atoms with Gasteiger partial charge in [-0.1, -0.05) is 39.2 Å². The molecule has 0 amide bonds. The van der Waals surface area contributed by atoms with Crippen molar-refractivity contribution in [2.75, 3.05) is 0 Å². The van der Waals surface area contributed by atoms with Gasteiger partial charge in [-0.15, -0.1) is 19.0 Å². The molecule has 84 valence electrons. The molecule has 0 aliphatic carbocycles. The van der Waals surface area contributed by atoms with E-state index in [0.717, 1.165) is 22.0 Å². The molecule has 1 aromatic rings. The van der Waals surface area contributed by atoms with Gasteiger partial charge < -0.3 is 5.73 Å². The molecule has 0 spiro atoms. The fraction of sp³-hybridized carbons (Fsp3) is 0.273. The van der Waals surface area contributed by atoms with E-state index >= 15 is 0 Å². The topological polar surface area (TPSA) is 26.0 Å². The fourth-order valence-electron chi connectivity index (χ4n) is 1.29. The van der Waals surface area contributed by atoms with Crippen molar-refractivity contribution < 1.29 is 0 Å². The van der Waals surface area contributed by atoms with Crippen molar-refractivity contribution in [3.63, 3.8) is 0 Å². The summed E-state index contributed by atoms with van der Waals surface area (Å²) in [6, 6.07) is 5.68. The van der Waals surface area contributed by atoms with Crippen LogP contribution in [-0.2, 0) is 0 Å². The molecule has 1 aromatic carbocycles. The molecule has 15 heavy (non-hydrogen) atoms. The summed E-state index contributed by atoms with van der Waals surface area (Å²) in [5.41, 5.74) is 8.02. The van der Waals surface area contributed by atoms with Crippen molar-refractivity contribution in [1.29, 1.82) is 0 Å². The second kappa shape index (κ2) is 6.54. The Morgan fingerprint density at radius 2 is 2.20 bits per heavy atom. The highest BCUT2D eigenvalue weighted by Gasteiger charge is 2.10. The van der Waals surface area contributed by atoms with Crippen molar-refractivity contribution >= 4 is 39.9 Å². The van der Waals surface area contributed by atoms with E-state index in [9.17, 15) is 0 Å².